The highest BCUT2D eigenvalue weighted by Crippen LogP contribution is 2.36. The van der Waals surface area contributed by atoms with Crippen LogP contribution < -0.4 is 20.5 Å². The standard InChI is InChI=1S/C30H23ClN4O3/c31-18-27(36)35-23-6-4-5-22(17-23)20-9-13-26(14-10-20)38-30-28(29(32)33-19-34-30)21-11-15-25(16-12-21)37-24-7-2-1-3-8-24/h1-17,19H,18H2,(H,35,36)(H2,32,33,34). The molecule has 0 radical (unpaired) electrons. The molecule has 0 fully saturated rings. The van der Waals surface area contributed by atoms with Gasteiger partial charge in [0.25, 0.3) is 0 Å². The van der Waals surface area contributed by atoms with Crippen molar-refractivity contribution in [1.29, 1.82) is 0 Å². The Hall–Kier alpha value is -4.88. The van der Waals surface area contributed by atoms with E-state index in [2.05, 4.69) is 15.3 Å². The molecule has 1 heterocycles. The van der Waals surface area contributed by atoms with Gasteiger partial charge in [0.05, 0.1) is 5.56 Å². The highest BCUT2D eigenvalue weighted by Gasteiger charge is 2.15. The number of ether oxygens (including phenoxy) is 2. The van der Waals surface area contributed by atoms with E-state index in [4.69, 9.17) is 26.8 Å². The number of benzene rings is 4. The van der Waals surface area contributed by atoms with E-state index in [1.54, 1.807) is 0 Å². The minimum absolute atomic E-state index is 0.0998. The Balaban J connectivity index is 1.35. The average Bonchev–Trinajstić information content (AvgIpc) is 2.95. The number of alkyl halides is 1. The summed E-state index contributed by atoms with van der Waals surface area (Å²) in [6.45, 7) is 0. The van der Waals surface area contributed by atoms with Gasteiger partial charge in [-0.15, -0.1) is 11.6 Å². The van der Waals surface area contributed by atoms with Crippen LogP contribution in [0.15, 0.2) is 109 Å². The lowest BCUT2D eigenvalue weighted by atomic mass is 10.0. The van der Waals surface area contributed by atoms with Crippen molar-refractivity contribution in [1.82, 2.24) is 9.97 Å². The molecule has 188 valence electrons. The van der Waals surface area contributed by atoms with Crippen molar-refractivity contribution in [2.24, 2.45) is 0 Å². The number of hydrogen-bond donors (Lipinski definition) is 2. The molecule has 38 heavy (non-hydrogen) atoms. The molecule has 0 unspecified atom stereocenters. The molecule has 0 aliphatic heterocycles. The summed E-state index contributed by atoms with van der Waals surface area (Å²) in [5.41, 5.74) is 10.2. The van der Waals surface area contributed by atoms with Crippen LogP contribution in [0.1, 0.15) is 0 Å². The number of nitrogens with two attached hydrogens (primary N) is 1. The molecule has 0 atom stereocenters. The van der Waals surface area contributed by atoms with E-state index in [1.807, 2.05) is 103 Å². The second kappa shape index (κ2) is 11.5. The largest absolute Gasteiger partial charge is 0.457 e. The number of carbonyl (C=O) groups excluding carboxylic acids is 1. The Kier molecular flexibility index (Phi) is 7.47. The Bertz CT molecular complexity index is 1540. The molecule has 1 amide bonds. The normalized spacial score (nSPS) is 10.6. The van der Waals surface area contributed by atoms with Gasteiger partial charge >= 0.3 is 0 Å². The lowest BCUT2D eigenvalue weighted by molar-refractivity contribution is -0.113. The summed E-state index contributed by atoms with van der Waals surface area (Å²) in [6, 6.07) is 32.1. The van der Waals surface area contributed by atoms with Crippen LogP contribution in [0.5, 0.6) is 23.1 Å². The number of anilines is 2. The number of nitrogens with one attached hydrogen (secondary N) is 1. The van der Waals surface area contributed by atoms with Crippen LogP contribution in [0.3, 0.4) is 0 Å². The second-order valence-electron chi connectivity index (χ2n) is 8.27. The van der Waals surface area contributed by atoms with Crippen LogP contribution in [-0.2, 0) is 4.79 Å². The van der Waals surface area contributed by atoms with Gasteiger partial charge in [-0.2, -0.15) is 0 Å². The molecule has 1 aromatic heterocycles. The van der Waals surface area contributed by atoms with Crippen molar-refractivity contribution < 1.29 is 14.3 Å². The molecule has 0 spiro atoms. The SMILES string of the molecule is Nc1ncnc(Oc2ccc(-c3cccc(NC(=O)CCl)c3)cc2)c1-c1ccc(Oc2ccccc2)cc1. The molecule has 0 aliphatic rings. The lowest BCUT2D eigenvalue weighted by Crippen LogP contribution is -2.12. The number of halogens is 1. The summed E-state index contributed by atoms with van der Waals surface area (Å²) in [7, 11) is 0. The van der Waals surface area contributed by atoms with Gasteiger partial charge < -0.3 is 20.5 Å². The summed E-state index contributed by atoms with van der Waals surface area (Å²) in [5.74, 6) is 2.32. The number of hydrogen-bond acceptors (Lipinski definition) is 6. The third-order valence-corrected chi connectivity index (χ3v) is 5.88. The zero-order valence-electron chi connectivity index (χ0n) is 20.2. The summed E-state index contributed by atoms with van der Waals surface area (Å²) in [4.78, 5) is 20.1. The Labute approximate surface area is 224 Å². The first kappa shape index (κ1) is 24.8. The van der Waals surface area contributed by atoms with Gasteiger partial charge in [0.15, 0.2) is 0 Å². The maximum absolute atomic E-state index is 11.6. The van der Waals surface area contributed by atoms with Crippen molar-refractivity contribution in [3.63, 3.8) is 0 Å². The van der Waals surface area contributed by atoms with Crippen molar-refractivity contribution in [2.45, 2.75) is 0 Å². The first-order valence-corrected chi connectivity index (χ1v) is 12.3. The van der Waals surface area contributed by atoms with E-state index >= 15 is 0 Å². The fourth-order valence-electron chi connectivity index (χ4n) is 3.84. The predicted molar refractivity (Wildman–Crippen MR) is 150 cm³/mol. The number of carbonyl (C=O) groups is 1. The third-order valence-electron chi connectivity index (χ3n) is 5.63. The summed E-state index contributed by atoms with van der Waals surface area (Å²) >= 11 is 5.59. The first-order valence-electron chi connectivity index (χ1n) is 11.8. The minimum Gasteiger partial charge on any atom is -0.457 e. The number of amides is 1. The van der Waals surface area contributed by atoms with Crippen LogP contribution in [0, 0.1) is 0 Å². The zero-order valence-corrected chi connectivity index (χ0v) is 20.9. The van der Waals surface area contributed by atoms with Gasteiger partial charge in [-0.1, -0.05) is 54.6 Å². The highest BCUT2D eigenvalue weighted by molar-refractivity contribution is 6.29. The van der Waals surface area contributed by atoms with Crippen molar-refractivity contribution >= 4 is 29.0 Å². The minimum atomic E-state index is -0.258. The van der Waals surface area contributed by atoms with Crippen LogP contribution in [0.2, 0.25) is 0 Å². The molecule has 5 aromatic rings. The molecular weight excluding hydrogens is 500 g/mol. The Morgan fingerprint density at radius 3 is 2.11 bits per heavy atom. The van der Waals surface area contributed by atoms with Crippen LogP contribution in [0.4, 0.5) is 11.5 Å². The van der Waals surface area contributed by atoms with Gasteiger partial charge in [0, 0.05) is 5.69 Å². The molecule has 4 aromatic carbocycles. The maximum atomic E-state index is 11.6. The van der Waals surface area contributed by atoms with Gasteiger partial charge in [0.2, 0.25) is 11.8 Å². The molecule has 0 saturated carbocycles. The number of para-hydroxylation sites is 1. The van der Waals surface area contributed by atoms with E-state index in [-0.39, 0.29) is 11.8 Å². The molecule has 5 rings (SSSR count). The molecular formula is C30H23ClN4O3. The Morgan fingerprint density at radius 2 is 1.39 bits per heavy atom. The van der Waals surface area contributed by atoms with E-state index in [0.717, 1.165) is 22.4 Å². The van der Waals surface area contributed by atoms with Gasteiger partial charge in [-0.3, -0.25) is 4.79 Å². The zero-order chi connectivity index (χ0) is 26.3. The summed E-state index contributed by atoms with van der Waals surface area (Å²) in [6.07, 6.45) is 1.37. The number of nitrogens with zero attached hydrogens (tertiary/aromatic N) is 2. The van der Waals surface area contributed by atoms with E-state index in [1.165, 1.54) is 6.33 Å². The quantitative estimate of drug-likeness (QED) is 0.210. The number of aromatic nitrogens is 2. The first-order chi connectivity index (χ1) is 18.6. The van der Waals surface area contributed by atoms with Crippen molar-refractivity contribution in [3.8, 4) is 45.4 Å². The highest BCUT2D eigenvalue weighted by atomic mass is 35.5. The van der Waals surface area contributed by atoms with Crippen LogP contribution in [0.25, 0.3) is 22.3 Å². The molecule has 0 saturated heterocycles. The molecule has 3 N–H and O–H groups in total. The van der Waals surface area contributed by atoms with Gasteiger partial charge in [-0.25, -0.2) is 9.97 Å². The van der Waals surface area contributed by atoms with Crippen LogP contribution in [-0.4, -0.2) is 21.8 Å². The average molecular weight is 523 g/mol. The fraction of sp³-hybridized carbons (Fsp3) is 0.0333. The van der Waals surface area contributed by atoms with Crippen LogP contribution >= 0.6 is 11.6 Å². The monoisotopic (exact) mass is 522 g/mol. The predicted octanol–water partition coefficient (Wildman–Crippen LogP) is 7.15. The smallest absolute Gasteiger partial charge is 0.239 e. The van der Waals surface area contributed by atoms with Crippen molar-refractivity contribution in [3.05, 3.63) is 109 Å². The number of rotatable bonds is 8. The molecule has 0 bridgehead atoms. The fourth-order valence-corrected chi connectivity index (χ4v) is 3.91. The van der Waals surface area contributed by atoms with Crippen molar-refractivity contribution in [2.75, 3.05) is 16.9 Å². The Morgan fingerprint density at radius 1 is 0.737 bits per heavy atom. The summed E-state index contributed by atoms with van der Waals surface area (Å²) < 4.78 is 12.0. The molecule has 0 aliphatic carbocycles. The van der Waals surface area contributed by atoms with Gasteiger partial charge in [-0.05, 0) is 65.2 Å². The second-order valence-corrected chi connectivity index (χ2v) is 8.53. The third kappa shape index (κ3) is 5.91. The maximum Gasteiger partial charge on any atom is 0.239 e. The number of nitrogen functional groups attached to an aromatic ring is 1. The van der Waals surface area contributed by atoms with E-state index in [0.29, 0.717) is 34.4 Å². The molecule has 7 nitrogen and oxygen atoms in total. The van der Waals surface area contributed by atoms with E-state index < -0.39 is 0 Å². The topological polar surface area (TPSA) is 99.4 Å². The summed E-state index contributed by atoms with van der Waals surface area (Å²) in [5, 5.41) is 2.76. The van der Waals surface area contributed by atoms with Gasteiger partial charge in [0.1, 0.15) is 35.3 Å². The van der Waals surface area contributed by atoms with E-state index in [9.17, 15) is 4.79 Å². The molecule has 8 heteroatoms. The lowest BCUT2D eigenvalue weighted by Gasteiger charge is -2.13.